The number of hydrogen-bond donors (Lipinski definition) is 2. The highest BCUT2D eigenvalue weighted by Crippen LogP contribution is 2.19. The van der Waals surface area contributed by atoms with Gasteiger partial charge in [0.25, 0.3) is 10.2 Å². The van der Waals surface area contributed by atoms with Gasteiger partial charge in [0.2, 0.25) is 0 Å². The van der Waals surface area contributed by atoms with Gasteiger partial charge in [-0.05, 0) is 18.9 Å². The Morgan fingerprint density at radius 1 is 1.50 bits per heavy atom. The number of nitrogens with zero attached hydrogens (tertiary/aromatic N) is 1. The molecule has 1 aromatic heterocycles. The largest absolute Gasteiger partial charge is 0.472 e. The molecular formula is C11H18N2O4S. The summed E-state index contributed by atoms with van der Waals surface area (Å²) in [7, 11) is -3.54. The molecule has 0 aromatic carbocycles. The molecule has 0 radical (unpaired) electrons. The van der Waals surface area contributed by atoms with E-state index in [1.165, 1.54) is 16.8 Å². The van der Waals surface area contributed by atoms with Crippen molar-refractivity contribution in [1.29, 1.82) is 0 Å². The maximum Gasteiger partial charge on any atom is 0.280 e. The Morgan fingerprint density at radius 2 is 2.33 bits per heavy atom. The standard InChI is InChI=1S/C11H18N2O4S/c14-8-11-3-1-2-5-13(11)18(15,16)12-7-10-4-6-17-9-10/h4,6,9,11-12,14H,1-3,5,7-8H2. The van der Waals surface area contributed by atoms with Crippen LogP contribution < -0.4 is 4.72 Å². The summed E-state index contributed by atoms with van der Waals surface area (Å²) in [6, 6.07) is 1.41. The van der Waals surface area contributed by atoms with Gasteiger partial charge >= 0.3 is 0 Å². The third-order valence-corrected chi connectivity index (χ3v) is 4.74. The third-order valence-electron chi connectivity index (χ3n) is 3.13. The van der Waals surface area contributed by atoms with Crippen LogP contribution in [-0.2, 0) is 16.8 Å². The van der Waals surface area contributed by atoms with Crippen LogP contribution in [-0.4, -0.2) is 37.0 Å². The molecule has 1 saturated heterocycles. The Hall–Kier alpha value is -0.890. The molecule has 2 heterocycles. The molecule has 1 aliphatic rings. The van der Waals surface area contributed by atoms with Crippen LogP contribution in [0.2, 0.25) is 0 Å². The first-order valence-electron chi connectivity index (χ1n) is 6.02. The van der Waals surface area contributed by atoms with Crippen molar-refractivity contribution in [1.82, 2.24) is 9.03 Å². The molecule has 1 fully saturated rings. The average molecular weight is 274 g/mol. The third kappa shape index (κ3) is 3.11. The van der Waals surface area contributed by atoms with Crippen LogP contribution in [0.25, 0.3) is 0 Å². The SMILES string of the molecule is O=S(=O)(NCc1ccoc1)N1CCCCC1CO. The number of hydrogen-bond acceptors (Lipinski definition) is 4. The zero-order valence-corrected chi connectivity index (χ0v) is 10.9. The summed E-state index contributed by atoms with van der Waals surface area (Å²) in [6.45, 7) is 0.534. The van der Waals surface area contributed by atoms with Crippen molar-refractivity contribution in [3.8, 4) is 0 Å². The van der Waals surface area contributed by atoms with Crippen molar-refractivity contribution < 1.29 is 17.9 Å². The predicted octanol–water partition coefficient (Wildman–Crippen LogP) is 0.461. The van der Waals surface area contributed by atoms with Crippen molar-refractivity contribution in [2.45, 2.75) is 31.8 Å². The van der Waals surface area contributed by atoms with Crippen LogP contribution >= 0.6 is 0 Å². The van der Waals surface area contributed by atoms with Crippen LogP contribution in [0, 0.1) is 0 Å². The number of aliphatic hydroxyl groups excluding tert-OH is 1. The summed E-state index contributed by atoms with van der Waals surface area (Å²) in [5.74, 6) is 0. The monoisotopic (exact) mass is 274 g/mol. The van der Waals surface area contributed by atoms with Crippen LogP contribution in [0.5, 0.6) is 0 Å². The van der Waals surface area contributed by atoms with Gasteiger partial charge in [0.1, 0.15) is 0 Å². The average Bonchev–Trinajstić information content (AvgIpc) is 2.89. The molecule has 1 unspecified atom stereocenters. The number of rotatable bonds is 5. The lowest BCUT2D eigenvalue weighted by molar-refractivity contribution is 0.154. The Bertz CT molecular complexity index is 457. The van der Waals surface area contributed by atoms with Gasteiger partial charge in [-0.1, -0.05) is 6.42 Å². The summed E-state index contributed by atoms with van der Waals surface area (Å²) in [5.41, 5.74) is 0.774. The molecule has 1 aliphatic heterocycles. The first kappa shape index (κ1) is 13.5. The molecule has 0 bridgehead atoms. The highest BCUT2D eigenvalue weighted by molar-refractivity contribution is 7.87. The molecular weight excluding hydrogens is 256 g/mol. The van der Waals surface area contributed by atoms with E-state index < -0.39 is 10.2 Å². The van der Waals surface area contributed by atoms with Crippen LogP contribution in [0.15, 0.2) is 23.0 Å². The lowest BCUT2D eigenvalue weighted by Gasteiger charge is -2.33. The van der Waals surface area contributed by atoms with E-state index in [2.05, 4.69) is 4.72 Å². The first-order valence-corrected chi connectivity index (χ1v) is 7.46. The van der Waals surface area contributed by atoms with Crippen molar-refractivity contribution in [2.75, 3.05) is 13.2 Å². The van der Waals surface area contributed by atoms with Crippen LogP contribution in [0.3, 0.4) is 0 Å². The van der Waals surface area contributed by atoms with Crippen molar-refractivity contribution >= 4 is 10.2 Å². The van der Waals surface area contributed by atoms with Crippen LogP contribution in [0.4, 0.5) is 0 Å². The zero-order valence-electron chi connectivity index (χ0n) is 10.1. The van der Waals surface area contributed by atoms with Gasteiger partial charge in [-0.15, -0.1) is 0 Å². The summed E-state index contributed by atoms with van der Waals surface area (Å²) in [4.78, 5) is 0. The minimum Gasteiger partial charge on any atom is -0.472 e. The van der Waals surface area contributed by atoms with Gasteiger partial charge in [0.15, 0.2) is 0 Å². The molecule has 18 heavy (non-hydrogen) atoms. The fourth-order valence-corrected chi connectivity index (χ4v) is 3.57. The lowest BCUT2D eigenvalue weighted by Crippen LogP contribution is -2.50. The fraction of sp³-hybridized carbons (Fsp3) is 0.636. The molecule has 7 heteroatoms. The summed E-state index contributed by atoms with van der Waals surface area (Å²) >= 11 is 0. The molecule has 2 N–H and O–H groups in total. The molecule has 1 atom stereocenters. The van der Waals surface area contributed by atoms with Gasteiger partial charge in [-0.25, -0.2) is 0 Å². The smallest absolute Gasteiger partial charge is 0.280 e. The van der Waals surface area contributed by atoms with E-state index in [9.17, 15) is 13.5 Å². The number of piperidine rings is 1. The molecule has 6 nitrogen and oxygen atoms in total. The topological polar surface area (TPSA) is 82.8 Å². The molecule has 2 rings (SSSR count). The Balaban J connectivity index is 2.00. The van der Waals surface area contributed by atoms with E-state index in [4.69, 9.17) is 4.42 Å². The minimum absolute atomic E-state index is 0.132. The van der Waals surface area contributed by atoms with E-state index in [0.29, 0.717) is 13.0 Å². The van der Waals surface area contributed by atoms with E-state index >= 15 is 0 Å². The van der Waals surface area contributed by atoms with Crippen molar-refractivity contribution in [3.63, 3.8) is 0 Å². The normalized spacial score (nSPS) is 22.2. The maximum atomic E-state index is 12.1. The number of furan rings is 1. The molecule has 0 saturated carbocycles. The zero-order chi connectivity index (χ0) is 13.0. The van der Waals surface area contributed by atoms with Crippen LogP contribution in [0.1, 0.15) is 24.8 Å². The van der Waals surface area contributed by atoms with Gasteiger partial charge in [0.05, 0.1) is 19.1 Å². The van der Waals surface area contributed by atoms with E-state index in [-0.39, 0.29) is 19.2 Å². The number of aliphatic hydroxyl groups is 1. The Labute approximate surface area is 107 Å². The van der Waals surface area contributed by atoms with Gasteiger partial charge in [-0.3, -0.25) is 0 Å². The second kappa shape index (κ2) is 5.83. The fourth-order valence-electron chi connectivity index (χ4n) is 2.12. The highest BCUT2D eigenvalue weighted by Gasteiger charge is 2.31. The maximum absolute atomic E-state index is 12.1. The Morgan fingerprint density at radius 3 is 3.00 bits per heavy atom. The predicted molar refractivity (Wildman–Crippen MR) is 65.9 cm³/mol. The number of nitrogens with one attached hydrogen (secondary N) is 1. The Kier molecular flexibility index (Phi) is 4.39. The molecule has 0 amide bonds. The van der Waals surface area contributed by atoms with Gasteiger partial charge in [0, 0.05) is 24.7 Å². The van der Waals surface area contributed by atoms with Gasteiger partial charge < -0.3 is 9.52 Å². The van der Waals surface area contributed by atoms with Crippen molar-refractivity contribution in [3.05, 3.63) is 24.2 Å². The first-order chi connectivity index (χ1) is 8.63. The summed E-state index contributed by atoms with van der Waals surface area (Å²) < 4.78 is 33.0. The summed E-state index contributed by atoms with van der Waals surface area (Å²) in [5, 5.41) is 9.23. The minimum atomic E-state index is -3.54. The van der Waals surface area contributed by atoms with E-state index in [0.717, 1.165) is 18.4 Å². The van der Waals surface area contributed by atoms with E-state index in [1.54, 1.807) is 6.07 Å². The molecule has 0 aliphatic carbocycles. The molecule has 102 valence electrons. The second-order valence-electron chi connectivity index (χ2n) is 4.40. The highest BCUT2D eigenvalue weighted by atomic mass is 32.2. The quantitative estimate of drug-likeness (QED) is 0.817. The van der Waals surface area contributed by atoms with Gasteiger partial charge in [-0.2, -0.15) is 17.4 Å². The molecule has 0 spiro atoms. The molecule has 1 aromatic rings. The lowest BCUT2D eigenvalue weighted by atomic mass is 10.1. The second-order valence-corrected chi connectivity index (χ2v) is 6.11. The van der Waals surface area contributed by atoms with E-state index in [1.807, 2.05) is 0 Å². The summed E-state index contributed by atoms with van der Waals surface area (Å²) in [6.07, 6.45) is 5.51. The van der Waals surface area contributed by atoms with Crippen molar-refractivity contribution in [2.24, 2.45) is 0 Å².